The number of aryl methyl sites for hydroxylation is 1. The first kappa shape index (κ1) is 11.6. The van der Waals surface area contributed by atoms with Crippen LogP contribution in [0.5, 0.6) is 0 Å². The van der Waals surface area contributed by atoms with Crippen molar-refractivity contribution in [2.75, 3.05) is 12.3 Å². The predicted octanol–water partition coefficient (Wildman–Crippen LogP) is 3.14. The molecule has 0 aliphatic carbocycles. The molecule has 1 nitrogen and oxygen atoms in total. The lowest BCUT2D eigenvalue weighted by Crippen LogP contribution is -2.09. The fourth-order valence-corrected chi connectivity index (χ4v) is 2.43. The summed E-state index contributed by atoms with van der Waals surface area (Å²) in [4.78, 5) is 0. The molecule has 0 aliphatic heterocycles. The normalized spacial score (nSPS) is 12.8. The van der Waals surface area contributed by atoms with Crippen molar-refractivity contribution < 1.29 is 0 Å². The van der Waals surface area contributed by atoms with Gasteiger partial charge in [-0.25, -0.2) is 0 Å². The minimum atomic E-state index is 0.467. The lowest BCUT2D eigenvalue weighted by atomic mass is 10.1. The average Bonchev–Trinajstić information content (AvgIpc) is 2.19. The van der Waals surface area contributed by atoms with Gasteiger partial charge in [0.1, 0.15) is 0 Å². The summed E-state index contributed by atoms with van der Waals surface area (Å²) in [5.74, 6) is 1.19. The van der Waals surface area contributed by atoms with Gasteiger partial charge in [-0.05, 0) is 24.7 Å². The highest BCUT2D eigenvalue weighted by atomic mass is 32.2. The molecule has 0 fully saturated rings. The minimum Gasteiger partial charge on any atom is -0.329 e. The fourth-order valence-electron chi connectivity index (χ4n) is 1.43. The molecule has 1 aromatic rings. The van der Waals surface area contributed by atoms with Crippen LogP contribution in [-0.4, -0.2) is 12.3 Å². The van der Waals surface area contributed by atoms with Crippen molar-refractivity contribution in [2.45, 2.75) is 25.5 Å². The Hall–Kier alpha value is -0.470. The number of benzene rings is 1. The van der Waals surface area contributed by atoms with Crippen LogP contribution in [0.4, 0.5) is 0 Å². The Balaban J connectivity index is 2.68. The van der Waals surface area contributed by atoms with Gasteiger partial charge in [0.25, 0.3) is 0 Å². The van der Waals surface area contributed by atoms with E-state index in [1.165, 1.54) is 23.3 Å². The second-order valence-electron chi connectivity index (χ2n) is 3.51. The number of nitrogens with two attached hydrogens (primary N) is 1. The summed E-state index contributed by atoms with van der Waals surface area (Å²) < 4.78 is 0. The SMILES string of the molecule is CCCSC(CN)c1cccc(C)c1. The van der Waals surface area contributed by atoms with Crippen LogP contribution < -0.4 is 5.73 Å². The molecule has 0 bridgehead atoms. The van der Waals surface area contributed by atoms with E-state index in [9.17, 15) is 0 Å². The van der Waals surface area contributed by atoms with Crippen molar-refractivity contribution in [1.82, 2.24) is 0 Å². The van der Waals surface area contributed by atoms with Crippen LogP contribution in [0.2, 0.25) is 0 Å². The highest BCUT2D eigenvalue weighted by molar-refractivity contribution is 7.99. The quantitative estimate of drug-likeness (QED) is 0.806. The third-order valence-corrected chi connectivity index (χ3v) is 3.66. The van der Waals surface area contributed by atoms with E-state index in [2.05, 4.69) is 38.1 Å². The molecule has 78 valence electrons. The highest BCUT2D eigenvalue weighted by Crippen LogP contribution is 2.28. The van der Waals surface area contributed by atoms with Crippen LogP contribution in [0.25, 0.3) is 0 Å². The van der Waals surface area contributed by atoms with E-state index in [-0.39, 0.29) is 0 Å². The second kappa shape index (κ2) is 6.10. The van der Waals surface area contributed by atoms with Crippen molar-refractivity contribution in [3.8, 4) is 0 Å². The molecule has 0 aromatic heterocycles. The summed E-state index contributed by atoms with van der Waals surface area (Å²) in [6, 6.07) is 8.65. The van der Waals surface area contributed by atoms with Gasteiger partial charge in [0, 0.05) is 11.8 Å². The molecule has 0 aliphatic rings. The third kappa shape index (κ3) is 3.35. The third-order valence-electron chi connectivity index (χ3n) is 2.15. The van der Waals surface area contributed by atoms with Gasteiger partial charge < -0.3 is 5.73 Å². The van der Waals surface area contributed by atoms with Gasteiger partial charge in [-0.15, -0.1) is 0 Å². The zero-order valence-corrected chi connectivity index (χ0v) is 9.81. The molecule has 0 amide bonds. The molecule has 1 unspecified atom stereocenters. The molecular weight excluding hydrogens is 190 g/mol. The van der Waals surface area contributed by atoms with Crippen LogP contribution >= 0.6 is 11.8 Å². The van der Waals surface area contributed by atoms with Crippen LogP contribution in [0, 0.1) is 6.92 Å². The van der Waals surface area contributed by atoms with Crippen molar-refractivity contribution in [2.24, 2.45) is 5.73 Å². The van der Waals surface area contributed by atoms with Crippen molar-refractivity contribution in [3.05, 3.63) is 35.4 Å². The van der Waals surface area contributed by atoms with E-state index in [1.54, 1.807) is 0 Å². The highest BCUT2D eigenvalue weighted by Gasteiger charge is 2.08. The number of thioether (sulfide) groups is 1. The van der Waals surface area contributed by atoms with Gasteiger partial charge in [0.05, 0.1) is 0 Å². The molecule has 0 heterocycles. The minimum absolute atomic E-state index is 0.467. The summed E-state index contributed by atoms with van der Waals surface area (Å²) in [6.07, 6.45) is 1.22. The smallest absolute Gasteiger partial charge is 0.0419 e. The van der Waals surface area contributed by atoms with Gasteiger partial charge in [-0.1, -0.05) is 36.8 Å². The van der Waals surface area contributed by atoms with Crippen LogP contribution in [0.3, 0.4) is 0 Å². The van der Waals surface area contributed by atoms with Crippen molar-refractivity contribution in [1.29, 1.82) is 0 Å². The van der Waals surface area contributed by atoms with Gasteiger partial charge in [0.2, 0.25) is 0 Å². The Morgan fingerprint density at radius 3 is 2.79 bits per heavy atom. The zero-order valence-electron chi connectivity index (χ0n) is 8.99. The summed E-state index contributed by atoms with van der Waals surface area (Å²) in [6.45, 7) is 5.06. The molecule has 0 saturated heterocycles. The van der Waals surface area contributed by atoms with E-state index in [1.807, 2.05) is 11.8 Å². The van der Waals surface area contributed by atoms with Crippen molar-refractivity contribution >= 4 is 11.8 Å². The van der Waals surface area contributed by atoms with Gasteiger partial charge >= 0.3 is 0 Å². The Morgan fingerprint density at radius 1 is 1.43 bits per heavy atom. The lowest BCUT2D eigenvalue weighted by molar-refractivity contribution is 0.934. The Morgan fingerprint density at radius 2 is 2.21 bits per heavy atom. The van der Waals surface area contributed by atoms with Crippen LogP contribution in [0.1, 0.15) is 29.7 Å². The molecule has 0 radical (unpaired) electrons. The standard InChI is InChI=1S/C12H19NS/c1-3-7-14-12(9-13)11-6-4-5-10(2)8-11/h4-6,8,12H,3,7,9,13H2,1-2H3. The van der Waals surface area contributed by atoms with Crippen molar-refractivity contribution in [3.63, 3.8) is 0 Å². The lowest BCUT2D eigenvalue weighted by Gasteiger charge is -2.14. The Labute approximate surface area is 91.1 Å². The van der Waals surface area contributed by atoms with E-state index in [0.717, 1.165) is 6.54 Å². The maximum Gasteiger partial charge on any atom is 0.0419 e. The van der Waals surface area contributed by atoms with E-state index in [4.69, 9.17) is 5.73 Å². The monoisotopic (exact) mass is 209 g/mol. The molecule has 2 heteroatoms. The van der Waals surface area contributed by atoms with Gasteiger partial charge in [-0.2, -0.15) is 11.8 Å². The van der Waals surface area contributed by atoms with Gasteiger partial charge in [0.15, 0.2) is 0 Å². The predicted molar refractivity (Wildman–Crippen MR) is 65.7 cm³/mol. The first-order valence-corrected chi connectivity index (χ1v) is 6.21. The van der Waals surface area contributed by atoms with E-state index in [0.29, 0.717) is 5.25 Å². The summed E-state index contributed by atoms with van der Waals surface area (Å²) in [5, 5.41) is 0.467. The average molecular weight is 209 g/mol. The molecule has 1 rings (SSSR count). The van der Waals surface area contributed by atoms with E-state index >= 15 is 0 Å². The maximum atomic E-state index is 5.77. The van der Waals surface area contributed by atoms with Crippen LogP contribution in [-0.2, 0) is 0 Å². The zero-order chi connectivity index (χ0) is 10.4. The first-order valence-electron chi connectivity index (χ1n) is 5.16. The fraction of sp³-hybridized carbons (Fsp3) is 0.500. The molecule has 0 saturated carbocycles. The Bertz CT molecular complexity index is 273. The van der Waals surface area contributed by atoms with E-state index < -0.39 is 0 Å². The summed E-state index contributed by atoms with van der Waals surface area (Å²) in [7, 11) is 0. The number of hydrogen-bond acceptors (Lipinski definition) is 2. The van der Waals surface area contributed by atoms with Crippen LogP contribution in [0.15, 0.2) is 24.3 Å². The molecule has 14 heavy (non-hydrogen) atoms. The molecule has 2 N–H and O–H groups in total. The number of rotatable bonds is 5. The number of hydrogen-bond donors (Lipinski definition) is 1. The summed E-state index contributed by atoms with van der Waals surface area (Å²) >= 11 is 1.96. The molecule has 0 spiro atoms. The summed E-state index contributed by atoms with van der Waals surface area (Å²) in [5.41, 5.74) is 8.46. The second-order valence-corrected chi connectivity index (χ2v) is 4.82. The largest absolute Gasteiger partial charge is 0.329 e. The molecular formula is C12H19NS. The molecule has 1 atom stereocenters. The first-order chi connectivity index (χ1) is 6.77. The Kier molecular flexibility index (Phi) is 5.05. The van der Waals surface area contributed by atoms with Gasteiger partial charge in [-0.3, -0.25) is 0 Å². The topological polar surface area (TPSA) is 26.0 Å². The maximum absolute atomic E-state index is 5.77. The molecule has 1 aromatic carbocycles.